The predicted molar refractivity (Wildman–Crippen MR) is 32.8 cm³/mol. The van der Waals surface area contributed by atoms with Crippen LogP contribution in [0.1, 0.15) is 6.92 Å². The number of nitrogens with one attached hydrogen (secondary N) is 1. The molecule has 0 aliphatic carbocycles. The molecule has 0 heterocycles. The summed E-state index contributed by atoms with van der Waals surface area (Å²) in [4.78, 5) is 10.4. The van der Waals surface area contributed by atoms with E-state index in [-0.39, 0.29) is 31.1 Å². The normalized spacial score (nSPS) is 9.64. The number of carbonyl (C=O) groups excluding carboxylic acids is 1. The molecular weight excluding hydrogens is 575 g/mol. The molecule has 0 saturated heterocycles. The summed E-state index contributed by atoms with van der Waals surface area (Å²) >= 11 is 3.43. The maximum absolute atomic E-state index is 10.4. The molecule has 0 aliphatic heterocycles. The molecule has 0 aromatic carbocycles. The minimum absolute atomic E-state index is 0. The maximum atomic E-state index is 10.4. The van der Waals surface area contributed by atoms with Crippen molar-refractivity contribution in [2.75, 3.05) is 0 Å². The number of rotatable bonds is 3. The van der Waals surface area contributed by atoms with Crippen molar-refractivity contribution in [3.63, 3.8) is 0 Å². The van der Waals surface area contributed by atoms with Gasteiger partial charge in [-0.3, -0.25) is 0 Å². The van der Waals surface area contributed by atoms with Crippen molar-refractivity contribution < 1.29 is 72.2 Å². The first-order chi connectivity index (χ1) is 4.57. The average molecular weight is 580 g/mol. The van der Waals surface area contributed by atoms with Gasteiger partial charge in [0.15, 0.2) is 0 Å². The van der Waals surface area contributed by atoms with E-state index in [0.717, 1.165) is 23.6 Å². The number of hydrogen-bond donors (Lipinski definition) is 0. The molecule has 2 nitrogen and oxygen atoms in total. The molecule has 0 fully saturated rings. The van der Waals surface area contributed by atoms with Crippen LogP contribution >= 0.6 is 0 Å². The topological polar surface area (TPSA) is 40.9 Å². The Labute approximate surface area is 110 Å². The Morgan fingerprint density at radius 3 is 2.27 bits per heavy atom. The number of hydrogen-bond acceptors (Lipinski definition) is 1. The van der Waals surface area contributed by atoms with E-state index in [2.05, 4.69) is 23.1 Å². The van der Waals surface area contributed by atoms with Crippen molar-refractivity contribution in [3.05, 3.63) is 17.4 Å². The number of amides is 1. The Kier molecular flexibility index (Phi) is 10.6. The fourth-order valence-corrected chi connectivity index (χ4v) is 1.12. The van der Waals surface area contributed by atoms with Crippen LogP contribution in [0.25, 0.3) is 5.73 Å². The van der Waals surface area contributed by atoms with Gasteiger partial charge in [-0.15, -0.1) is 0 Å². The minimum atomic E-state index is -0.666. The van der Waals surface area contributed by atoms with Gasteiger partial charge < -0.3 is 0 Å². The molecule has 1 N–H and O–H groups in total. The second-order valence-electron chi connectivity index (χ2n) is 1.57. The Balaban J connectivity index is 0. The molecule has 0 saturated carbocycles. The van der Waals surface area contributed by atoms with Crippen LogP contribution in [0, 0.1) is 37.2 Å². The minimum Gasteiger partial charge on any atom is 2.00 e. The van der Waals surface area contributed by atoms with Gasteiger partial charge in [-0.25, -0.2) is 0 Å². The molecule has 0 aliphatic rings. The summed E-state index contributed by atoms with van der Waals surface area (Å²) in [6, 6.07) is 0. The second-order valence-corrected chi connectivity index (χ2v) is 3.47. The van der Waals surface area contributed by atoms with Crippen LogP contribution in [0.2, 0.25) is 0 Å². The van der Waals surface area contributed by atoms with Crippen LogP contribution in [0.15, 0.2) is 5.57 Å². The third kappa shape index (κ3) is 7.63. The Morgan fingerprint density at radius 1 is 1.73 bits per heavy atom. The molecule has 0 atom stereocenters. The standard InChI is InChI=1S/C6H6NO.U.V.W/c1-3-4-5(2)6(7)8;;;/h2H,1H3,(H2,7,8);;;/q-1;+2;;/p-1. The zero-order valence-corrected chi connectivity index (χ0v) is 14.3. The van der Waals surface area contributed by atoms with Crippen LogP contribution in [-0.2, 0) is 41.1 Å². The zero-order chi connectivity index (χ0) is 8.15. The van der Waals surface area contributed by atoms with E-state index in [0.29, 0.717) is 5.57 Å². The number of allylic oxidation sites excluding steroid dienone is 1. The van der Waals surface area contributed by atoms with Gasteiger partial charge in [-0.05, 0) is 0 Å². The van der Waals surface area contributed by atoms with Crippen LogP contribution in [-0.4, -0.2) is 14.5 Å². The van der Waals surface area contributed by atoms with E-state index in [1.807, 2.05) is 6.92 Å². The summed E-state index contributed by atoms with van der Waals surface area (Å²) in [6.07, 6.45) is 2.76. The molecule has 0 radical (unpaired) electrons. The van der Waals surface area contributed by atoms with Gasteiger partial charge in [-0.2, -0.15) is 0 Å². The zero-order valence-electron chi connectivity index (χ0n) is 5.84. The maximum Gasteiger partial charge on any atom is 2.00 e. The van der Waals surface area contributed by atoms with Gasteiger partial charge in [0, 0.05) is 0 Å². The first-order valence-corrected chi connectivity index (χ1v) is 4.84. The first-order valence-electron chi connectivity index (χ1n) is 2.45. The van der Waals surface area contributed by atoms with E-state index in [9.17, 15) is 4.79 Å². The predicted octanol–water partition coefficient (Wildman–Crippen LogP) is 0.383. The van der Waals surface area contributed by atoms with E-state index in [1.54, 1.807) is 4.40 Å². The molecule has 1 amide bonds. The first kappa shape index (κ1) is 14.8. The van der Waals surface area contributed by atoms with Crippen LogP contribution in [0.5, 0.6) is 0 Å². The summed E-state index contributed by atoms with van der Waals surface area (Å²) in [5, 5.41) is 0. The van der Waals surface area contributed by atoms with Crippen LogP contribution < -0.4 is 0 Å². The quantitative estimate of drug-likeness (QED) is 0.352. The van der Waals surface area contributed by atoms with Gasteiger partial charge in [0.1, 0.15) is 0 Å². The average Bonchev–Trinajstić information content (AvgIpc) is 1.81. The summed E-state index contributed by atoms with van der Waals surface area (Å²) < 4.78 is 2.52. The molecule has 0 unspecified atom stereocenters. The van der Waals surface area contributed by atoms with Gasteiger partial charge >= 0.3 is 111 Å². The Bertz CT molecular complexity index is 215. The number of carbonyl (C=O) groups is 1. The molecule has 55 valence electrons. The Hall–Kier alpha value is 1.27. The van der Waals surface area contributed by atoms with E-state index in [1.165, 1.54) is 0 Å². The summed E-state index contributed by atoms with van der Waals surface area (Å²) in [6.45, 7) is 1.82. The molecule has 0 rings (SSSR count). The third-order valence-electron chi connectivity index (χ3n) is 0.678. The molecule has 0 aromatic heterocycles. The monoisotopic (exact) mass is 580 g/mol. The SMILES string of the molecule is C[C](=[V])[C-]=C([CH]=[W])C([NH-])=O.[U+2]. The largest absolute Gasteiger partial charge is 2.00 e. The molecule has 5 heteroatoms. The fraction of sp³-hybridized carbons (Fsp3) is 0.167. The molecule has 0 spiro atoms. The smallest absolute Gasteiger partial charge is 2.00 e. The van der Waals surface area contributed by atoms with Gasteiger partial charge in [-0.1, -0.05) is 0 Å². The van der Waals surface area contributed by atoms with Crippen molar-refractivity contribution in [1.29, 1.82) is 0 Å². The second kappa shape index (κ2) is 7.90. The third-order valence-corrected chi connectivity index (χ3v) is 1.70. The molecule has 0 aromatic rings. The fourth-order valence-electron chi connectivity index (χ4n) is 0.335. The van der Waals surface area contributed by atoms with Crippen molar-refractivity contribution in [2.24, 2.45) is 0 Å². The molecule has 0 bridgehead atoms. The van der Waals surface area contributed by atoms with E-state index < -0.39 is 5.91 Å². The van der Waals surface area contributed by atoms with E-state index in [4.69, 9.17) is 5.73 Å². The van der Waals surface area contributed by atoms with Gasteiger partial charge in [0.05, 0.1) is 0 Å². The van der Waals surface area contributed by atoms with Crippen molar-refractivity contribution >= 4 is 14.5 Å². The van der Waals surface area contributed by atoms with Crippen LogP contribution in [0.3, 0.4) is 0 Å². The van der Waals surface area contributed by atoms with Crippen molar-refractivity contribution in [1.82, 2.24) is 0 Å². The summed E-state index contributed by atoms with van der Waals surface area (Å²) in [7, 11) is 0. The summed E-state index contributed by atoms with van der Waals surface area (Å²) in [5.41, 5.74) is 7.11. The summed E-state index contributed by atoms with van der Waals surface area (Å²) in [5.74, 6) is -0.666. The molecular formula is C6H5NOUVW. The van der Waals surface area contributed by atoms with Gasteiger partial charge in [0.2, 0.25) is 0 Å². The Morgan fingerprint density at radius 2 is 2.18 bits per heavy atom. The van der Waals surface area contributed by atoms with Crippen molar-refractivity contribution in [3.8, 4) is 0 Å². The molecule has 11 heavy (non-hydrogen) atoms. The van der Waals surface area contributed by atoms with E-state index >= 15 is 0 Å². The van der Waals surface area contributed by atoms with Gasteiger partial charge in [0.25, 0.3) is 0 Å². The van der Waals surface area contributed by atoms with Crippen LogP contribution in [0.4, 0.5) is 0 Å². The van der Waals surface area contributed by atoms with Crippen molar-refractivity contribution in [2.45, 2.75) is 6.92 Å².